The number of nitro groups is 1. The maximum Gasteiger partial charge on any atom is 0.333 e. The molecule has 0 aliphatic heterocycles. The van der Waals surface area contributed by atoms with Gasteiger partial charge in [0.2, 0.25) is 11.8 Å². The highest BCUT2D eigenvalue weighted by molar-refractivity contribution is 5.81. The third-order valence-corrected chi connectivity index (χ3v) is 4.47. The van der Waals surface area contributed by atoms with Crippen molar-refractivity contribution in [1.82, 2.24) is 9.97 Å². The minimum absolute atomic E-state index is 0.143. The van der Waals surface area contributed by atoms with Gasteiger partial charge in [-0.2, -0.15) is 10.1 Å². The van der Waals surface area contributed by atoms with E-state index in [1.54, 1.807) is 25.1 Å². The van der Waals surface area contributed by atoms with Crippen LogP contribution >= 0.6 is 0 Å². The van der Waals surface area contributed by atoms with Crippen LogP contribution in [0.1, 0.15) is 11.3 Å². The molecule has 3 rings (SSSR count). The normalized spacial score (nSPS) is 10.8. The third kappa shape index (κ3) is 4.69. The fraction of sp³-hybridized carbons (Fsp3) is 0.190. The highest BCUT2D eigenvalue weighted by Gasteiger charge is 2.25. The third-order valence-electron chi connectivity index (χ3n) is 4.47. The predicted molar refractivity (Wildman–Crippen MR) is 120 cm³/mol. The van der Waals surface area contributed by atoms with Crippen molar-refractivity contribution in [2.45, 2.75) is 6.92 Å². The van der Waals surface area contributed by atoms with Gasteiger partial charge in [0.05, 0.1) is 11.1 Å². The number of para-hydroxylation sites is 1. The Morgan fingerprint density at radius 1 is 1.00 bits per heavy atom. The molecule has 2 aromatic carbocycles. The lowest BCUT2D eigenvalue weighted by Crippen LogP contribution is -2.16. The van der Waals surface area contributed by atoms with Gasteiger partial charge in [0.1, 0.15) is 5.69 Å². The van der Waals surface area contributed by atoms with Crippen LogP contribution in [0, 0.1) is 17.0 Å². The zero-order valence-corrected chi connectivity index (χ0v) is 17.3. The number of rotatable bonds is 7. The molecule has 0 amide bonds. The predicted octanol–water partition coefficient (Wildman–Crippen LogP) is 3.97. The highest BCUT2D eigenvalue weighted by Crippen LogP contribution is 2.33. The molecule has 0 bridgehead atoms. The molecule has 0 saturated heterocycles. The number of aromatic nitrogens is 2. The monoisotopic (exact) mass is 405 g/mol. The summed E-state index contributed by atoms with van der Waals surface area (Å²) in [7, 11) is 5.68. The molecule has 0 atom stereocenters. The lowest BCUT2D eigenvalue weighted by Gasteiger charge is -2.19. The summed E-state index contributed by atoms with van der Waals surface area (Å²) in [6.45, 7) is 1.58. The van der Waals surface area contributed by atoms with E-state index in [1.807, 2.05) is 73.6 Å². The van der Waals surface area contributed by atoms with E-state index in [2.05, 4.69) is 20.5 Å². The minimum Gasteiger partial charge on any atom is -0.378 e. The standard InChI is InChI=1S/C21H23N7O2/c1-15-19(28(29)30)20(27(4)18-8-6-5-7-9-18)24-21(23-15)25-22-14-16-10-12-17(13-11-16)26(2)3/h5-14H,1-4H3,(H,23,24,25)/b22-14-. The molecule has 0 spiro atoms. The Labute approximate surface area is 174 Å². The summed E-state index contributed by atoms with van der Waals surface area (Å²) in [5.41, 5.74) is 5.63. The molecule has 30 heavy (non-hydrogen) atoms. The number of hydrazone groups is 1. The zero-order valence-electron chi connectivity index (χ0n) is 17.3. The van der Waals surface area contributed by atoms with Gasteiger partial charge in [0, 0.05) is 32.5 Å². The summed E-state index contributed by atoms with van der Waals surface area (Å²) in [5.74, 6) is 0.365. The van der Waals surface area contributed by atoms with Crippen LogP contribution < -0.4 is 15.2 Å². The van der Waals surface area contributed by atoms with Crippen molar-refractivity contribution in [3.63, 3.8) is 0 Å². The van der Waals surface area contributed by atoms with E-state index < -0.39 is 4.92 Å². The molecule has 0 aliphatic carbocycles. The summed E-state index contributed by atoms with van der Waals surface area (Å²) < 4.78 is 0. The zero-order chi connectivity index (χ0) is 21.7. The Bertz CT molecular complexity index is 1050. The van der Waals surface area contributed by atoms with Gasteiger partial charge in [0.25, 0.3) is 0 Å². The van der Waals surface area contributed by atoms with Crippen molar-refractivity contribution in [2.24, 2.45) is 5.10 Å². The molecule has 3 aromatic rings. The van der Waals surface area contributed by atoms with E-state index in [0.717, 1.165) is 16.9 Å². The van der Waals surface area contributed by atoms with Crippen molar-refractivity contribution < 1.29 is 4.92 Å². The van der Waals surface area contributed by atoms with Crippen molar-refractivity contribution >= 4 is 35.0 Å². The first-order valence-corrected chi connectivity index (χ1v) is 9.25. The van der Waals surface area contributed by atoms with Crippen molar-refractivity contribution in [1.29, 1.82) is 0 Å². The van der Waals surface area contributed by atoms with E-state index in [-0.39, 0.29) is 23.1 Å². The number of nitrogens with one attached hydrogen (secondary N) is 1. The van der Waals surface area contributed by atoms with Crippen LogP contribution in [-0.2, 0) is 0 Å². The molecule has 0 saturated carbocycles. The molecule has 1 N–H and O–H groups in total. The summed E-state index contributed by atoms with van der Waals surface area (Å²) in [5, 5.41) is 15.8. The lowest BCUT2D eigenvalue weighted by atomic mass is 10.2. The minimum atomic E-state index is -0.469. The molecule has 0 aliphatic rings. The fourth-order valence-corrected chi connectivity index (χ4v) is 2.85. The molecule has 0 fully saturated rings. The van der Waals surface area contributed by atoms with Gasteiger partial charge in [-0.25, -0.2) is 10.4 Å². The average Bonchev–Trinajstić information content (AvgIpc) is 2.73. The van der Waals surface area contributed by atoms with Crippen LogP contribution in [0.3, 0.4) is 0 Å². The first-order chi connectivity index (χ1) is 14.4. The van der Waals surface area contributed by atoms with Crippen LogP contribution in [0.5, 0.6) is 0 Å². The second-order valence-corrected chi connectivity index (χ2v) is 6.81. The van der Waals surface area contributed by atoms with E-state index in [0.29, 0.717) is 0 Å². The average molecular weight is 405 g/mol. The van der Waals surface area contributed by atoms with Crippen LogP contribution in [-0.4, -0.2) is 42.2 Å². The molecule has 154 valence electrons. The summed E-state index contributed by atoms with van der Waals surface area (Å²) in [6.07, 6.45) is 1.64. The van der Waals surface area contributed by atoms with Crippen molar-refractivity contribution in [2.75, 3.05) is 36.4 Å². The maximum atomic E-state index is 11.6. The number of hydrogen-bond acceptors (Lipinski definition) is 8. The van der Waals surface area contributed by atoms with Crippen LogP contribution in [0.2, 0.25) is 0 Å². The van der Waals surface area contributed by atoms with Crippen LogP contribution in [0.4, 0.5) is 28.8 Å². The quantitative estimate of drug-likeness (QED) is 0.361. The van der Waals surface area contributed by atoms with E-state index in [1.165, 1.54) is 0 Å². The lowest BCUT2D eigenvalue weighted by molar-refractivity contribution is -0.385. The summed E-state index contributed by atoms with van der Waals surface area (Å²) in [6, 6.07) is 17.2. The Balaban J connectivity index is 1.87. The number of nitrogens with zero attached hydrogens (tertiary/aromatic N) is 6. The smallest absolute Gasteiger partial charge is 0.333 e. The Morgan fingerprint density at radius 3 is 2.27 bits per heavy atom. The van der Waals surface area contributed by atoms with Gasteiger partial charge in [-0.05, 0) is 36.8 Å². The van der Waals surface area contributed by atoms with Crippen LogP contribution in [0.15, 0.2) is 59.7 Å². The van der Waals surface area contributed by atoms with Gasteiger partial charge in [-0.15, -0.1) is 0 Å². The van der Waals surface area contributed by atoms with Crippen molar-refractivity contribution in [3.8, 4) is 0 Å². The SMILES string of the molecule is Cc1nc(N/N=C\c2ccc(N(C)C)cc2)nc(N(C)c2ccccc2)c1[N+](=O)[O-]. The molecule has 0 unspecified atom stereocenters. The van der Waals surface area contributed by atoms with E-state index in [4.69, 9.17) is 0 Å². The highest BCUT2D eigenvalue weighted by atomic mass is 16.6. The number of anilines is 4. The van der Waals surface area contributed by atoms with Crippen molar-refractivity contribution in [3.05, 3.63) is 76.0 Å². The molecular weight excluding hydrogens is 382 g/mol. The summed E-state index contributed by atoms with van der Waals surface area (Å²) >= 11 is 0. The fourth-order valence-electron chi connectivity index (χ4n) is 2.85. The van der Waals surface area contributed by atoms with E-state index in [9.17, 15) is 10.1 Å². The molecule has 0 radical (unpaired) electrons. The van der Waals surface area contributed by atoms with E-state index >= 15 is 0 Å². The van der Waals surface area contributed by atoms with Crippen LogP contribution in [0.25, 0.3) is 0 Å². The maximum absolute atomic E-state index is 11.6. The second kappa shape index (κ2) is 8.99. The van der Waals surface area contributed by atoms with Gasteiger partial charge >= 0.3 is 5.69 Å². The Kier molecular flexibility index (Phi) is 6.21. The van der Waals surface area contributed by atoms with Gasteiger partial charge in [0.15, 0.2) is 0 Å². The van der Waals surface area contributed by atoms with Gasteiger partial charge in [-0.3, -0.25) is 10.1 Å². The number of hydrogen-bond donors (Lipinski definition) is 1. The number of benzene rings is 2. The first-order valence-electron chi connectivity index (χ1n) is 9.25. The first kappa shape index (κ1) is 20.7. The molecule has 9 nitrogen and oxygen atoms in total. The van der Waals surface area contributed by atoms with Gasteiger partial charge in [-0.1, -0.05) is 30.3 Å². The molecule has 1 heterocycles. The molecule has 1 aromatic heterocycles. The summed E-state index contributed by atoms with van der Waals surface area (Å²) in [4.78, 5) is 23.3. The topological polar surface area (TPSA) is 99.8 Å². The largest absolute Gasteiger partial charge is 0.378 e. The van der Waals surface area contributed by atoms with Gasteiger partial charge < -0.3 is 9.80 Å². The second-order valence-electron chi connectivity index (χ2n) is 6.81. The molecular formula is C21H23N7O2. The Hall–Kier alpha value is -4.01. The number of aryl methyl sites for hydroxylation is 1. The Morgan fingerprint density at radius 2 is 1.67 bits per heavy atom. The molecule has 9 heteroatoms.